The summed E-state index contributed by atoms with van der Waals surface area (Å²) in [4.78, 5) is 21.1. The summed E-state index contributed by atoms with van der Waals surface area (Å²) in [6.07, 6.45) is 14.1. The fourth-order valence-electron chi connectivity index (χ4n) is 9.94. The molecule has 0 bridgehead atoms. The molecule has 2 atom stereocenters. The van der Waals surface area contributed by atoms with E-state index in [-0.39, 0.29) is 22.8 Å². The molecule has 0 unspecified atom stereocenters. The second-order valence-corrected chi connectivity index (χ2v) is 16.3. The largest absolute Gasteiger partial charge is 0.434 e. The summed E-state index contributed by atoms with van der Waals surface area (Å²) in [5.74, 6) is 2.87. The number of hydrogen-bond donors (Lipinski definition) is 1. The molecule has 2 aromatic heterocycles. The summed E-state index contributed by atoms with van der Waals surface area (Å²) in [5, 5.41) is 19.2. The fourth-order valence-corrected chi connectivity index (χ4v) is 9.94. The van der Waals surface area contributed by atoms with Crippen LogP contribution in [0.2, 0.25) is 0 Å². The van der Waals surface area contributed by atoms with Crippen molar-refractivity contribution in [2.75, 3.05) is 44.2 Å². The number of aromatic nitrogens is 5. The summed E-state index contributed by atoms with van der Waals surface area (Å²) in [6, 6.07) is 5.79. The van der Waals surface area contributed by atoms with Crippen LogP contribution in [0.1, 0.15) is 76.8 Å². The van der Waals surface area contributed by atoms with Gasteiger partial charge in [-0.3, -0.25) is 9.80 Å². The molecule has 6 aliphatic rings. The molecule has 1 aromatic carbocycles. The first-order chi connectivity index (χ1) is 23.3. The number of anilines is 1. The van der Waals surface area contributed by atoms with E-state index in [1.165, 1.54) is 50.6 Å². The highest BCUT2D eigenvalue weighted by atomic mass is 19.1. The van der Waals surface area contributed by atoms with Crippen molar-refractivity contribution in [3.63, 3.8) is 0 Å². The molecule has 2 spiro atoms. The Hall–Kier alpha value is -3.28. The summed E-state index contributed by atoms with van der Waals surface area (Å²) in [6.45, 7) is 10.8. The molecule has 6 fully saturated rings. The van der Waals surface area contributed by atoms with Gasteiger partial charge in [-0.1, -0.05) is 20.3 Å². The highest BCUT2D eigenvalue weighted by Crippen LogP contribution is 2.52. The van der Waals surface area contributed by atoms with E-state index in [0.29, 0.717) is 46.9 Å². The molecule has 3 aliphatic heterocycles. The first kappa shape index (κ1) is 30.8. The summed E-state index contributed by atoms with van der Waals surface area (Å²) in [7, 11) is 0. The number of β-amino-alcohol motifs (C(OH)–C–C–N with tert-alkyl or cyclic N) is 1. The molecule has 9 rings (SSSR count). The van der Waals surface area contributed by atoms with Gasteiger partial charge in [0.25, 0.3) is 5.88 Å². The van der Waals surface area contributed by atoms with Crippen molar-refractivity contribution in [2.24, 2.45) is 22.7 Å². The van der Waals surface area contributed by atoms with E-state index in [1.54, 1.807) is 18.6 Å². The van der Waals surface area contributed by atoms with Gasteiger partial charge in [0.2, 0.25) is 0 Å². The standard InChI is InChI=1S/C37H47FN8O2/c1-23(2)33(25-12-27(13-25)45-16-31(47)37(20-45)8-3-9-37)46-18-36(19-46)10-11-44(17-36)34-35(43-42-22-41-34)48-30-7-6-26(38)14-28(30)29-15-39-21-40-32(29)24-4-5-24/h6-7,14-15,21-25,27,31,33,47H,3-5,8-13,16-20H2,1-2H3/t25?,27?,31-,33-/m1/s1. The van der Waals surface area contributed by atoms with Crippen LogP contribution in [0.25, 0.3) is 11.1 Å². The number of aliphatic hydroxyl groups excluding tert-OH is 1. The molecule has 254 valence electrons. The molecular formula is C37H47FN8O2. The topological polar surface area (TPSA) is 104 Å². The van der Waals surface area contributed by atoms with E-state index in [9.17, 15) is 9.50 Å². The van der Waals surface area contributed by atoms with Gasteiger partial charge in [0.15, 0.2) is 5.82 Å². The number of halogens is 1. The molecule has 48 heavy (non-hydrogen) atoms. The second-order valence-electron chi connectivity index (χ2n) is 16.3. The van der Waals surface area contributed by atoms with Crippen molar-refractivity contribution in [3.05, 3.63) is 48.6 Å². The van der Waals surface area contributed by atoms with E-state index in [4.69, 9.17) is 4.74 Å². The van der Waals surface area contributed by atoms with Crippen LogP contribution in [0.5, 0.6) is 11.6 Å². The van der Waals surface area contributed by atoms with Gasteiger partial charge in [0.1, 0.15) is 24.2 Å². The van der Waals surface area contributed by atoms with Crippen LogP contribution in [0.15, 0.2) is 37.1 Å². The lowest BCUT2D eigenvalue weighted by Gasteiger charge is -2.57. The number of likely N-dealkylation sites (tertiary alicyclic amines) is 2. The molecule has 3 saturated carbocycles. The Labute approximate surface area is 282 Å². The first-order valence-electron chi connectivity index (χ1n) is 18.2. The van der Waals surface area contributed by atoms with E-state index >= 15 is 0 Å². The molecule has 1 N–H and O–H groups in total. The van der Waals surface area contributed by atoms with Crippen molar-refractivity contribution < 1.29 is 14.2 Å². The Balaban J connectivity index is 0.866. The number of aliphatic hydroxyl groups is 1. The minimum atomic E-state index is -0.342. The lowest BCUT2D eigenvalue weighted by Crippen LogP contribution is -2.65. The van der Waals surface area contributed by atoms with E-state index in [1.807, 2.05) is 0 Å². The monoisotopic (exact) mass is 654 g/mol. The predicted molar refractivity (Wildman–Crippen MR) is 179 cm³/mol. The van der Waals surface area contributed by atoms with Gasteiger partial charge in [0.05, 0.1) is 11.8 Å². The Morgan fingerprint density at radius 2 is 1.83 bits per heavy atom. The van der Waals surface area contributed by atoms with E-state index in [2.05, 4.69) is 53.7 Å². The Bertz CT molecular complexity index is 1670. The van der Waals surface area contributed by atoms with Crippen LogP contribution in [0, 0.1) is 28.5 Å². The quantitative estimate of drug-likeness (QED) is 0.327. The van der Waals surface area contributed by atoms with Crippen LogP contribution < -0.4 is 9.64 Å². The van der Waals surface area contributed by atoms with Crippen molar-refractivity contribution in [2.45, 2.75) is 89.3 Å². The van der Waals surface area contributed by atoms with Gasteiger partial charge in [-0.05, 0) is 75.0 Å². The third kappa shape index (κ3) is 5.28. The Morgan fingerprint density at radius 1 is 1.00 bits per heavy atom. The van der Waals surface area contributed by atoms with Gasteiger partial charge in [-0.15, -0.1) is 10.2 Å². The Morgan fingerprint density at radius 3 is 2.56 bits per heavy atom. The predicted octanol–water partition coefficient (Wildman–Crippen LogP) is 5.30. The molecular weight excluding hydrogens is 607 g/mol. The molecule has 0 radical (unpaired) electrons. The van der Waals surface area contributed by atoms with Crippen LogP contribution in [-0.4, -0.2) is 97.5 Å². The van der Waals surface area contributed by atoms with Crippen molar-refractivity contribution >= 4 is 5.82 Å². The average molecular weight is 655 g/mol. The normalized spacial score (nSPS) is 28.4. The third-order valence-electron chi connectivity index (χ3n) is 12.8. The minimum Gasteiger partial charge on any atom is -0.434 e. The number of hydrogen-bond acceptors (Lipinski definition) is 10. The maximum atomic E-state index is 14.6. The zero-order valence-electron chi connectivity index (χ0n) is 28.1. The zero-order valence-corrected chi connectivity index (χ0v) is 28.1. The van der Waals surface area contributed by atoms with Gasteiger partial charge >= 0.3 is 0 Å². The van der Waals surface area contributed by atoms with Crippen molar-refractivity contribution in [1.29, 1.82) is 0 Å². The zero-order chi connectivity index (χ0) is 32.6. The van der Waals surface area contributed by atoms with E-state index < -0.39 is 0 Å². The number of benzene rings is 1. The smallest absolute Gasteiger partial charge is 0.282 e. The van der Waals surface area contributed by atoms with Crippen LogP contribution >= 0.6 is 0 Å². The lowest BCUT2D eigenvalue weighted by atomic mass is 9.66. The van der Waals surface area contributed by atoms with Crippen LogP contribution in [0.3, 0.4) is 0 Å². The minimum absolute atomic E-state index is 0.126. The second kappa shape index (κ2) is 11.7. The first-order valence-corrected chi connectivity index (χ1v) is 18.2. The fraction of sp³-hybridized carbons (Fsp3) is 0.649. The molecule has 11 heteroatoms. The number of rotatable bonds is 9. The Kier molecular flexibility index (Phi) is 7.47. The van der Waals surface area contributed by atoms with Crippen molar-refractivity contribution in [1.82, 2.24) is 34.9 Å². The van der Waals surface area contributed by atoms with Gasteiger partial charge in [-0.25, -0.2) is 19.3 Å². The molecule has 5 heterocycles. The van der Waals surface area contributed by atoms with Gasteiger partial charge in [-0.2, -0.15) is 0 Å². The molecule has 0 amide bonds. The summed E-state index contributed by atoms with van der Waals surface area (Å²) in [5.41, 5.74) is 2.78. The molecule has 3 aliphatic carbocycles. The van der Waals surface area contributed by atoms with Gasteiger partial charge < -0.3 is 14.7 Å². The van der Waals surface area contributed by atoms with Crippen LogP contribution in [-0.2, 0) is 0 Å². The molecule has 10 nitrogen and oxygen atoms in total. The van der Waals surface area contributed by atoms with Crippen LogP contribution in [0.4, 0.5) is 10.2 Å². The lowest BCUT2D eigenvalue weighted by molar-refractivity contribution is -0.0795. The highest BCUT2D eigenvalue weighted by Gasteiger charge is 2.56. The maximum Gasteiger partial charge on any atom is 0.282 e. The number of ether oxygens (including phenoxy) is 1. The molecule has 3 aromatic rings. The van der Waals surface area contributed by atoms with E-state index in [0.717, 1.165) is 75.7 Å². The average Bonchev–Trinajstić information content (AvgIpc) is 3.68. The highest BCUT2D eigenvalue weighted by molar-refractivity contribution is 5.73. The maximum absolute atomic E-state index is 14.6. The van der Waals surface area contributed by atoms with Crippen molar-refractivity contribution in [3.8, 4) is 22.8 Å². The van der Waals surface area contributed by atoms with Gasteiger partial charge in [0, 0.05) is 85.4 Å². The number of nitrogens with zero attached hydrogens (tertiary/aromatic N) is 8. The summed E-state index contributed by atoms with van der Waals surface area (Å²) < 4.78 is 21.0. The molecule has 3 saturated heterocycles. The summed E-state index contributed by atoms with van der Waals surface area (Å²) >= 11 is 0. The third-order valence-corrected chi connectivity index (χ3v) is 12.8. The SMILES string of the molecule is CC(C)[C@H](C1CC(N2C[C@@H](O)C3(CCC3)C2)C1)N1CC2(CCN(c3ncnnc3Oc3ccc(F)cc3-c3cncnc3C3CC3)C2)C1.